The fourth-order valence-electron chi connectivity index (χ4n) is 4.67. The number of halogens is 3. The largest absolute Gasteiger partial charge is 0.486 e. The van der Waals surface area contributed by atoms with Gasteiger partial charge < -0.3 is 14.6 Å². The molecule has 0 saturated carbocycles. The number of ether oxygens (including phenoxy) is 1. The number of rotatable bonds is 6. The average molecular weight is 530 g/mol. The van der Waals surface area contributed by atoms with Crippen molar-refractivity contribution >= 4 is 40.0 Å². The summed E-state index contributed by atoms with van der Waals surface area (Å²) in [6.07, 6.45) is 1.85. The summed E-state index contributed by atoms with van der Waals surface area (Å²) in [6, 6.07) is 5.62. The number of aromatic nitrogens is 5. The minimum absolute atomic E-state index is 0.0228. The van der Waals surface area contributed by atoms with Crippen molar-refractivity contribution in [2.75, 3.05) is 19.6 Å². The van der Waals surface area contributed by atoms with Crippen molar-refractivity contribution in [2.24, 2.45) is 0 Å². The Labute approximate surface area is 215 Å². The maximum Gasteiger partial charge on any atom is 0.237 e. The SMILES string of the molecule is CC(Oc1ccc2[nH]nc(-c3nc4c([nH]3)CN(C(=O)CN3CC(F)C3)C4)c2c1)c1c(Cl)cncc1Cl. The molecule has 1 aromatic carbocycles. The number of benzene rings is 1. The van der Waals surface area contributed by atoms with E-state index in [4.69, 9.17) is 32.9 Å². The van der Waals surface area contributed by atoms with Gasteiger partial charge >= 0.3 is 0 Å². The van der Waals surface area contributed by atoms with E-state index >= 15 is 0 Å². The summed E-state index contributed by atoms with van der Waals surface area (Å²) in [5.41, 5.74) is 3.85. The van der Waals surface area contributed by atoms with Gasteiger partial charge in [-0.15, -0.1) is 0 Å². The van der Waals surface area contributed by atoms with E-state index < -0.39 is 12.3 Å². The molecule has 1 atom stereocenters. The summed E-state index contributed by atoms with van der Waals surface area (Å²) < 4.78 is 19.2. The van der Waals surface area contributed by atoms with Crippen molar-refractivity contribution in [2.45, 2.75) is 32.3 Å². The predicted molar refractivity (Wildman–Crippen MR) is 133 cm³/mol. The average Bonchev–Trinajstić information content (AvgIpc) is 3.50. The molecule has 1 fully saturated rings. The molecule has 2 N–H and O–H groups in total. The fourth-order valence-corrected chi connectivity index (χ4v) is 5.34. The highest BCUT2D eigenvalue weighted by molar-refractivity contribution is 6.35. The Hall–Kier alpha value is -3.21. The highest BCUT2D eigenvalue weighted by Gasteiger charge is 2.32. The van der Waals surface area contributed by atoms with Crippen LogP contribution in [0.25, 0.3) is 22.4 Å². The molecule has 186 valence electrons. The van der Waals surface area contributed by atoms with Gasteiger partial charge in [0.2, 0.25) is 5.91 Å². The summed E-state index contributed by atoms with van der Waals surface area (Å²) in [4.78, 5) is 28.1. The maximum absolute atomic E-state index is 13.0. The molecule has 6 rings (SSSR count). The normalized spacial score (nSPS) is 16.8. The maximum atomic E-state index is 13.0. The van der Waals surface area contributed by atoms with Crippen molar-refractivity contribution < 1.29 is 13.9 Å². The number of amides is 1. The van der Waals surface area contributed by atoms with Crippen molar-refractivity contribution in [1.29, 1.82) is 0 Å². The van der Waals surface area contributed by atoms with Crippen LogP contribution in [0.3, 0.4) is 0 Å². The third-order valence-corrected chi connectivity index (χ3v) is 7.15. The number of likely N-dealkylation sites (tertiary alicyclic amines) is 1. The second-order valence-electron chi connectivity index (χ2n) is 9.11. The summed E-state index contributed by atoms with van der Waals surface area (Å²) >= 11 is 12.6. The van der Waals surface area contributed by atoms with E-state index in [1.807, 2.05) is 30.0 Å². The highest BCUT2D eigenvalue weighted by Crippen LogP contribution is 2.35. The van der Waals surface area contributed by atoms with Crippen LogP contribution in [0.15, 0.2) is 30.6 Å². The van der Waals surface area contributed by atoms with Crippen LogP contribution in [0, 0.1) is 0 Å². The molecular formula is C24H22Cl2FN7O2. The number of H-pyrrole nitrogens is 2. The lowest BCUT2D eigenvalue weighted by Gasteiger charge is -2.34. The molecule has 0 spiro atoms. The van der Waals surface area contributed by atoms with Crippen molar-refractivity contribution in [3.8, 4) is 17.3 Å². The van der Waals surface area contributed by atoms with Crippen molar-refractivity contribution in [1.82, 2.24) is 34.9 Å². The van der Waals surface area contributed by atoms with Gasteiger partial charge in [-0.05, 0) is 25.1 Å². The number of carbonyl (C=O) groups excluding carboxylic acids is 1. The molecular weight excluding hydrogens is 508 g/mol. The van der Waals surface area contributed by atoms with E-state index in [1.54, 1.807) is 4.90 Å². The Morgan fingerprint density at radius 3 is 2.75 bits per heavy atom. The van der Waals surface area contributed by atoms with Crippen LogP contribution in [0.2, 0.25) is 10.0 Å². The van der Waals surface area contributed by atoms with E-state index in [2.05, 4.69) is 20.2 Å². The smallest absolute Gasteiger partial charge is 0.237 e. The van der Waals surface area contributed by atoms with Gasteiger partial charge in [0, 0.05) is 36.4 Å². The zero-order valence-electron chi connectivity index (χ0n) is 19.3. The molecule has 4 aromatic rings. The van der Waals surface area contributed by atoms with Crippen LogP contribution in [0.1, 0.15) is 30.0 Å². The van der Waals surface area contributed by atoms with E-state index in [1.165, 1.54) is 12.4 Å². The van der Waals surface area contributed by atoms with E-state index in [-0.39, 0.29) is 12.5 Å². The number of aromatic amines is 2. The second-order valence-corrected chi connectivity index (χ2v) is 9.92. The van der Waals surface area contributed by atoms with Crippen LogP contribution in [-0.4, -0.2) is 66.7 Å². The number of nitrogens with zero attached hydrogens (tertiary/aromatic N) is 5. The first kappa shape index (κ1) is 23.2. The minimum atomic E-state index is -0.822. The third-order valence-electron chi connectivity index (χ3n) is 6.55. The number of imidazole rings is 1. The molecule has 36 heavy (non-hydrogen) atoms. The Morgan fingerprint density at radius 1 is 1.25 bits per heavy atom. The first-order chi connectivity index (χ1) is 17.4. The summed E-state index contributed by atoms with van der Waals surface area (Å²) in [6.45, 7) is 3.61. The monoisotopic (exact) mass is 529 g/mol. The van der Waals surface area contributed by atoms with Gasteiger partial charge in [0.15, 0.2) is 5.82 Å². The molecule has 3 aromatic heterocycles. The molecule has 0 radical (unpaired) electrons. The summed E-state index contributed by atoms with van der Waals surface area (Å²) in [5, 5.41) is 9.20. The Balaban J connectivity index is 1.20. The quantitative estimate of drug-likeness (QED) is 0.386. The highest BCUT2D eigenvalue weighted by atomic mass is 35.5. The molecule has 0 bridgehead atoms. The number of alkyl halides is 1. The molecule has 9 nitrogen and oxygen atoms in total. The van der Waals surface area contributed by atoms with Crippen LogP contribution in [0.4, 0.5) is 4.39 Å². The van der Waals surface area contributed by atoms with Crippen molar-refractivity contribution in [3.05, 3.63) is 57.6 Å². The zero-order valence-corrected chi connectivity index (χ0v) is 20.8. The zero-order chi connectivity index (χ0) is 25.0. The molecule has 1 amide bonds. The number of carbonyl (C=O) groups is 1. The van der Waals surface area contributed by atoms with Gasteiger partial charge in [-0.25, -0.2) is 9.37 Å². The van der Waals surface area contributed by atoms with E-state index in [0.29, 0.717) is 59.1 Å². The third kappa shape index (κ3) is 4.19. The first-order valence-corrected chi connectivity index (χ1v) is 12.3. The first-order valence-electron chi connectivity index (χ1n) is 11.5. The Morgan fingerprint density at radius 2 is 2.03 bits per heavy atom. The van der Waals surface area contributed by atoms with E-state index in [0.717, 1.165) is 22.3 Å². The lowest BCUT2D eigenvalue weighted by molar-refractivity contribution is -0.134. The Bertz CT molecular complexity index is 1420. The molecule has 2 aliphatic heterocycles. The topological polar surface area (TPSA) is 103 Å². The van der Waals surface area contributed by atoms with Crippen LogP contribution < -0.4 is 4.74 Å². The molecule has 1 unspecified atom stereocenters. The van der Waals surface area contributed by atoms with Gasteiger partial charge in [0.1, 0.15) is 23.7 Å². The van der Waals surface area contributed by atoms with Gasteiger partial charge in [-0.3, -0.25) is 19.8 Å². The van der Waals surface area contributed by atoms with Crippen LogP contribution in [0.5, 0.6) is 5.75 Å². The lowest BCUT2D eigenvalue weighted by atomic mass is 10.1. The summed E-state index contributed by atoms with van der Waals surface area (Å²) in [7, 11) is 0. The molecule has 0 aliphatic carbocycles. The van der Waals surface area contributed by atoms with Crippen molar-refractivity contribution in [3.63, 3.8) is 0 Å². The number of fused-ring (bicyclic) bond motifs is 2. The number of nitrogens with one attached hydrogen (secondary N) is 2. The molecule has 2 aliphatic rings. The number of pyridine rings is 1. The minimum Gasteiger partial charge on any atom is -0.486 e. The number of hydrogen-bond donors (Lipinski definition) is 2. The summed E-state index contributed by atoms with van der Waals surface area (Å²) in [5.74, 6) is 1.22. The van der Waals surface area contributed by atoms with Gasteiger partial charge in [-0.1, -0.05) is 23.2 Å². The molecule has 5 heterocycles. The number of hydrogen-bond acceptors (Lipinski definition) is 6. The van der Waals surface area contributed by atoms with Gasteiger partial charge in [0.25, 0.3) is 0 Å². The van der Waals surface area contributed by atoms with Gasteiger partial charge in [0.05, 0.1) is 46.6 Å². The van der Waals surface area contributed by atoms with Crippen LogP contribution >= 0.6 is 23.2 Å². The standard InChI is InChI=1S/C24H22Cl2FN7O2/c1-12(22-16(25)5-28-6-17(22)26)36-14-2-3-18-15(4-14)23(32-31-18)24-29-19-9-34(10-20(19)30-24)21(35)11-33-7-13(27)8-33/h2-6,12-13H,7-11H2,1H3,(H,29,30)(H,31,32). The molecule has 12 heteroatoms. The Kier molecular flexibility index (Phi) is 5.82. The second kappa shape index (κ2) is 9.02. The predicted octanol–water partition coefficient (Wildman–Crippen LogP) is 4.29. The van der Waals surface area contributed by atoms with Crippen LogP contribution in [-0.2, 0) is 17.9 Å². The lowest BCUT2D eigenvalue weighted by Crippen LogP contribution is -2.52. The molecule has 1 saturated heterocycles. The van der Waals surface area contributed by atoms with Gasteiger partial charge in [-0.2, -0.15) is 5.10 Å². The fraction of sp³-hybridized carbons (Fsp3) is 0.333. The van der Waals surface area contributed by atoms with E-state index in [9.17, 15) is 9.18 Å².